The predicted molar refractivity (Wildman–Crippen MR) is 668 cm³/mol. The molecule has 0 radical (unpaired) electrons. The van der Waals surface area contributed by atoms with E-state index in [-0.39, 0.29) is 0 Å². The topological polar surface area (TPSA) is 25.4 Å². The molecule has 776 valence electrons. The summed E-state index contributed by atoms with van der Waals surface area (Å²) < 4.78 is 5.40. The quantitative estimate of drug-likeness (QED) is 0.0665. The van der Waals surface area contributed by atoms with Crippen molar-refractivity contribution in [1.82, 2.24) is 0 Å². The minimum absolute atomic E-state index is 0.315. The fourth-order valence-corrected chi connectivity index (χ4v) is 14.5. The van der Waals surface area contributed by atoms with E-state index in [1.54, 1.807) is 0 Å². The summed E-state index contributed by atoms with van der Waals surface area (Å²) >= 11 is 0. The molecule has 17 rings (SSSR count). The van der Waals surface area contributed by atoms with Gasteiger partial charge in [0.2, 0.25) is 0 Å². The lowest BCUT2D eigenvalue weighted by Crippen LogP contribution is -2.16. The smallest absolute Gasteiger partial charge is 0.148 e. The third kappa shape index (κ3) is 48.8. The predicted octanol–water partition coefficient (Wildman–Crippen LogP) is 40.5. The van der Waals surface area contributed by atoms with E-state index in [1.807, 2.05) is 304 Å². The summed E-state index contributed by atoms with van der Waals surface area (Å²) in [5, 5.41) is 7.82. The van der Waals surface area contributed by atoms with Gasteiger partial charge in [0.05, 0.1) is 32.7 Å². The van der Waals surface area contributed by atoms with Crippen LogP contribution in [-0.4, -0.2) is 39.3 Å². The van der Waals surface area contributed by atoms with E-state index in [0.29, 0.717) is 63.0 Å². The third-order valence-electron chi connectivity index (χ3n) is 21.9. The van der Waals surface area contributed by atoms with Crippen molar-refractivity contribution in [3.05, 3.63) is 477 Å². The fourth-order valence-electron chi connectivity index (χ4n) is 14.5. The highest BCUT2D eigenvalue weighted by molar-refractivity contribution is 5.87. The van der Waals surface area contributed by atoms with Crippen molar-refractivity contribution < 1.29 is 4.74 Å². The molecule has 0 spiro atoms. The zero-order valence-corrected chi connectivity index (χ0v) is 94.8. The van der Waals surface area contributed by atoms with Gasteiger partial charge in [-0.05, 0) is 246 Å². The number of terminal acetylenes is 1. The van der Waals surface area contributed by atoms with Crippen LogP contribution < -0.4 is 29.2 Å². The summed E-state index contributed by atoms with van der Waals surface area (Å²) in [6.45, 7) is 55.2. The van der Waals surface area contributed by atoms with Gasteiger partial charge in [0, 0.05) is 56.9 Å². The number of hydrogen-bond acceptors (Lipinski definition) is 6. The first-order valence-electron chi connectivity index (χ1n) is 53.5. The number of ether oxygens (including phenoxy) is 1. The van der Waals surface area contributed by atoms with Crippen LogP contribution in [0.15, 0.2) is 455 Å². The van der Waals surface area contributed by atoms with Gasteiger partial charge < -0.3 is 29.2 Å². The maximum atomic E-state index is 5.40. The second kappa shape index (κ2) is 81.8. The lowest BCUT2D eigenvalue weighted by molar-refractivity contribution is 0.371. The molecule has 0 unspecified atom stereocenters. The minimum Gasteiger partial charge on any atom is -0.481 e. The summed E-state index contributed by atoms with van der Waals surface area (Å²) in [6.07, 6.45) is 6.42. The van der Waals surface area contributed by atoms with Crippen molar-refractivity contribution >= 4 is 89.2 Å². The van der Waals surface area contributed by atoms with Gasteiger partial charge in [0.25, 0.3) is 0 Å². The molecule has 0 bridgehead atoms. The number of fused-ring (bicyclic) bond motifs is 3. The largest absolute Gasteiger partial charge is 0.481 e. The van der Waals surface area contributed by atoms with Crippen LogP contribution >= 0.6 is 0 Å². The molecule has 0 aromatic heterocycles. The molecule has 17 aromatic carbocycles. The Morgan fingerprint density at radius 1 is 0.213 bits per heavy atom. The summed E-state index contributed by atoms with van der Waals surface area (Å²) in [5.41, 5.74) is 17.3. The van der Waals surface area contributed by atoms with E-state index in [0.717, 1.165) is 5.75 Å². The van der Waals surface area contributed by atoms with Crippen LogP contribution in [0.1, 0.15) is 225 Å². The molecule has 0 N–H and O–H groups in total. The first-order chi connectivity index (χ1) is 73.6. The monoisotopic (exact) mass is 1980 g/mol. The van der Waals surface area contributed by atoms with Crippen molar-refractivity contribution in [1.29, 1.82) is 0 Å². The Morgan fingerprint density at radius 2 is 0.420 bits per heavy atom. The van der Waals surface area contributed by atoms with E-state index in [9.17, 15) is 0 Å². The number of nitrogens with zero attached hydrogens (tertiary/aromatic N) is 5. The van der Waals surface area contributed by atoms with Crippen LogP contribution in [-0.2, 0) is 0 Å². The molecular formula is C144H169N5O. The first-order valence-corrected chi connectivity index (χ1v) is 53.5. The third-order valence-corrected chi connectivity index (χ3v) is 21.9. The van der Waals surface area contributed by atoms with Crippen LogP contribution in [0.2, 0.25) is 0 Å². The van der Waals surface area contributed by atoms with Crippen molar-refractivity contribution in [3.8, 4) is 77.3 Å². The van der Waals surface area contributed by atoms with Crippen molar-refractivity contribution in [2.24, 2.45) is 0 Å². The van der Waals surface area contributed by atoms with Crippen LogP contribution in [0.4, 0.5) is 56.9 Å². The maximum absolute atomic E-state index is 5.40. The van der Waals surface area contributed by atoms with Crippen molar-refractivity contribution in [3.63, 3.8) is 0 Å². The Kier molecular flexibility index (Phi) is 69.7. The lowest BCUT2D eigenvalue weighted by atomic mass is 9.96. The zero-order chi connectivity index (χ0) is 110. The molecule has 17 aromatic rings. The van der Waals surface area contributed by atoms with E-state index >= 15 is 0 Å². The second-order valence-electron chi connectivity index (χ2n) is 33.6. The number of benzene rings is 17. The molecule has 0 aliphatic rings. The molecule has 0 saturated carbocycles. The number of hydrogen-bond donors (Lipinski definition) is 0. The molecule has 0 atom stereocenters. The average molecular weight is 1990 g/mol. The summed E-state index contributed by atoms with van der Waals surface area (Å²) in [4.78, 5) is 11.0. The minimum atomic E-state index is 0.315. The van der Waals surface area contributed by atoms with E-state index in [4.69, 9.17) is 11.2 Å². The molecule has 0 heterocycles. The SMILES string of the molecule is C#CCOc1ccc2cc(C(C)C)ccc2c1.CC.CC.CC.CC.CC.CC#CCN(c1ccccc1)c1ccccc1.CC#CCN(c1ccccc1)c1ccccc1.CC#CCN(c1ccccc1)c1ccccc1.CC#CCN(c1ccccc1)c1ccccc1.CC#CCN(c1ccccc1)c1ccccc1.CC(C)c1ccc2ccccc2c1.CC(C)c1cccc2ccccc12.CC(C)c1ccccc1.CCC. The highest BCUT2D eigenvalue weighted by Gasteiger charge is 2.13. The molecule has 6 heteroatoms. The molecule has 0 fully saturated rings. The van der Waals surface area contributed by atoms with Gasteiger partial charge in [0.1, 0.15) is 12.4 Å². The highest BCUT2D eigenvalue weighted by atomic mass is 16.5. The van der Waals surface area contributed by atoms with Gasteiger partial charge >= 0.3 is 0 Å². The Bertz CT molecular complexity index is 5880. The molecule has 0 amide bonds. The van der Waals surface area contributed by atoms with Gasteiger partial charge in [0.15, 0.2) is 0 Å². The van der Waals surface area contributed by atoms with E-state index in [1.165, 1.54) is 118 Å². The van der Waals surface area contributed by atoms with Gasteiger partial charge in [-0.3, -0.25) is 0 Å². The molecule has 150 heavy (non-hydrogen) atoms. The number of rotatable bonds is 21. The zero-order valence-electron chi connectivity index (χ0n) is 94.8. The first kappa shape index (κ1) is 128. The van der Waals surface area contributed by atoms with Gasteiger partial charge in [-0.15, -0.1) is 36.0 Å². The summed E-state index contributed by atoms with van der Waals surface area (Å²) in [7, 11) is 0. The Labute approximate surface area is 909 Å². The number of anilines is 10. The van der Waals surface area contributed by atoms with Gasteiger partial charge in [-0.2, -0.15) is 0 Å². The molecule has 0 saturated heterocycles. The standard InChI is InChI=1S/5C16H15N.C16H16O.2C13H14.C9H12.C3H8.5C2H6/c5*1-2-3-14-17(15-10-6-4-7-11-15)16-12-8-5-9-13-16;1-4-9-17-16-8-7-14-10-13(12(2)3)5-6-15(14)11-16;1-10(2)12-9-5-7-11-6-3-4-8-13(11)12;1-10(2)12-8-7-11-5-3-4-6-13(11)9-12;1-8(2)9-6-4-3-5-7-9;1-3-2;5*1-2/h5*4-13H,14H2,1H3;1,5-8,10-12H,9H2,2-3H3;2*3-10H,1-2H3;3-8H,1-2H3;3H2,1-2H3;5*1-2H3. The summed E-state index contributed by atoms with van der Waals surface area (Å²) in [6, 6.07) is 157. The Morgan fingerprint density at radius 3 is 0.660 bits per heavy atom. The second-order valence-corrected chi connectivity index (χ2v) is 33.6. The van der Waals surface area contributed by atoms with Crippen LogP contribution in [0.3, 0.4) is 0 Å². The fraction of sp³-hybridized carbons (Fsp3) is 0.250. The number of para-hydroxylation sites is 10. The molecule has 0 aliphatic heterocycles. The maximum Gasteiger partial charge on any atom is 0.148 e. The Balaban J connectivity index is 0.000000428. The molecule has 6 nitrogen and oxygen atoms in total. The molecule has 0 aliphatic carbocycles. The lowest BCUT2D eigenvalue weighted by Gasteiger charge is -2.22. The van der Waals surface area contributed by atoms with Crippen molar-refractivity contribution in [2.75, 3.05) is 63.8 Å². The van der Waals surface area contributed by atoms with Crippen LogP contribution in [0.5, 0.6) is 5.75 Å². The molecular weight excluding hydrogens is 1820 g/mol. The summed E-state index contributed by atoms with van der Waals surface area (Å²) in [5.74, 6) is 36.1. The van der Waals surface area contributed by atoms with E-state index in [2.05, 4.69) is 414 Å². The van der Waals surface area contributed by atoms with Crippen LogP contribution in [0, 0.1) is 71.5 Å². The van der Waals surface area contributed by atoms with Gasteiger partial charge in [-0.1, -0.05) is 502 Å². The normalized spacial score (nSPS) is 9.25. The van der Waals surface area contributed by atoms with E-state index < -0.39 is 0 Å². The van der Waals surface area contributed by atoms with Crippen LogP contribution in [0.25, 0.3) is 32.3 Å². The van der Waals surface area contributed by atoms with Gasteiger partial charge in [-0.25, -0.2) is 0 Å². The Hall–Kier alpha value is -16.3. The highest BCUT2D eigenvalue weighted by Crippen LogP contribution is 2.32. The average Bonchev–Trinajstić information content (AvgIpc) is 0.819. The van der Waals surface area contributed by atoms with Crippen molar-refractivity contribution in [2.45, 2.75) is 203 Å².